The fourth-order valence-corrected chi connectivity index (χ4v) is 2.39. The van der Waals surface area contributed by atoms with Crippen LogP contribution in [0.5, 0.6) is 11.8 Å². The molecule has 0 spiro atoms. The number of amides is 3. The van der Waals surface area contributed by atoms with Gasteiger partial charge in [-0.3, -0.25) is 19.3 Å². The molecule has 30 heavy (non-hydrogen) atoms. The van der Waals surface area contributed by atoms with E-state index in [1.165, 1.54) is 12.2 Å². The third-order valence-electron chi connectivity index (χ3n) is 3.85. The van der Waals surface area contributed by atoms with Crippen LogP contribution in [0.4, 0.5) is 0 Å². The van der Waals surface area contributed by atoms with E-state index in [2.05, 4.69) is 10.2 Å². The zero-order chi connectivity index (χ0) is 21.9. The van der Waals surface area contributed by atoms with Gasteiger partial charge in [0.05, 0.1) is 13.2 Å². The molecule has 12 nitrogen and oxygen atoms in total. The van der Waals surface area contributed by atoms with Crippen LogP contribution in [0.2, 0.25) is 0 Å². The van der Waals surface area contributed by atoms with Gasteiger partial charge in [0.2, 0.25) is 17.7 Å². The predicted molar refractivity (Wildman–Crippen MR) is 99.1 cm³/mol. The van der Waals surface area contributed by atoms with Gasteiger partial charge in [0.1, 0.15) is 13.2 Å². The molecular weight excluding hydrogens is 402 g/mol. The third kappa shape index (κ3) is 7.22. The minimum absolute atomic E-state index is 0.0257. The van der Waals surface area contributed by atoms with Gasteiger partial charge in [0.15, 0.2) is 0 Å². The number of ether oxygens (including phenoxy) is 2. The number of carbonyl (C=O) groups excluding carboxylic acids is 4. The van der Waals surface area contributed by atoms with Crippen molar-refractivity contribution in [2.45, 2.75) is 12.8 Å². The predicted octanol–water partition coefficient (Wildman–Crippen LogP) is -1.29. The summed E-state index contributed by atoms with van der Waals surface area (Å²) in [6.45, 7) is 0.147. The molecule has 0 aliphatic carbocycles. The topological polar surface area (TPSA) is 157 Å². The van der Waals surface area contributed by atoms with E-state index < -0.39 is 24.3 Å². The molecule has 12 heteroatoms. The van der Waals surface area contributed by atoms with Crippen molar-refractivity contribution in [2.24, 2.45) is 0 Å². The van der Waals surface area contributed by atoms with Gasteiger partial charge in [-0.1, -0.05) is 0 Å². The summed E-state index contributed by atoms with van der Waals surface area (Å²) < 4.78 is 10.7. The van der Waals surface area contributed by atoms with Crippen molar-refractivity contribution in [3.8, 4) is 11.8 Å². The Morgan fingerprint density at radius 1 is 0.933 bits per heavy atom. The maximum atomic E-state index is 11.6. The molecule has 3 amide bonds. The number of imide groups is 1. The number of aromatic hydroxyl groups is 2. The van der Waals surface area contributed by atoms with Crippen LogP contribution in [-0.2, 0) is 28.7 Å². The molecule has 0 bridgehead atoms. The minimum Gasteiger partial charge on any atom is -0.492 e. The fourth-order valence-electron chi connectivity index (χ4n) is 2.39. The molecular formula is C18H23N3O9. The standard InChI is InChI=1S/C18H23N3O9/c22-13(19-7-1-2-8-20-14(23)3-4-15(20)24)11-28-9-10-29-12-18(27)30-21-16(25)5-6-17(21)26/h3-6,25-26H,1-2,7-12H2,(H,19,22). The Hall–Kier alpha value is -3.38. The van der Waals surface area contributed by atoms with E-state index in [0.29, 0.717) is 30.7 Å². The van der Waals surface area contributed by atoms with Crippen molar-refractivity contribution in [2.75, 3.05) is 39.5 Å². The summed E-state index contributed by atoms with van der Waals surface area (Å²) in [5, 5.41) is 21.3. The molecule has 0 aromatic carbocycles. The Morgan fingerprint density at radius 2 is 1.53 bits per heavy atom. The molecule has 1 aromatic heterocycles. The first kappa shape index (κ1) is 22.9. The number of unbranched alkanes of at least 4 members (excludes halogenated alkanes) is 1. The molecule has 0 radical (unpaired) electrons. The molecule has 164 valence electrons. The van der Waals surface area contributed by atoms with Crippen molar-refractivity contribution in [1.82, 2.24) is 14.9 Å². The van der Waals surface area contributed by atoms with Crippen molar-refractivity contribution in [1.29, 1.82) is 0 Å². The Bertz CT molecular complexity index is 765. The van der Waals surface area contributed by atoms with Crippen LogP contribution < -0.4 is 10.2 Å². The van der Waals surface area contributed by atoms with E-state index >= 15 is 0 Å². The van der Waals surface area contributed by atoms with Crippen LogP contribution in [0, 0.1) is 0 Å². The molecule has 0 fully saturated rings. The second-order valence-corrected chi connectivity index (χ2v) is 6.13. The lowest BCUT2D eigenvalue weighted by molar-refractivity contribution is -0.151. The molecule has 0 unspecified atom stereocenters. The van der Waals surface area contributed by atoms with Crippen LogP contribution in [0.3, 0.4) is 0 Å². The van der Waals surface area contributed by atoms with Gasteiger partial charge < -0.3 is 29.8 Å². The molecule has 1 aliphatic heterocycles. The van der Waals surface area contributed by atoms with Crippen LogP contribution in [-0.4, -0.2) is 83.1 Å². The molecule has 1 aromatic rings. The van der Waals surface area contributed by atoms with Crippen LogP contribution in [0.1, 0.15) is 12.8 Å². The van der Waals surface area contributed by atoms with E-state index in [9.17, 15) is 29.4 Å². The quantitative estimate of drug-likeness (QED) is 0.258. The Labute approximate surface area is 171 Å². The summed E-state index contributed by atoms with van der Waals surface area (Å²) in [6, 6.07) is 2.30. The number of aromatic nitrogens is 1. The van der Waals surface area contributed by atoms with E-state index in [1.54, 1.807) is 0 Å². The highest BCUT2D eigenvalue weighted by molar-refractivity contribution is 6.12. The van der Waals surface area contributed by atoms with Crippen molar-refractivity contribution < 1.29 is 43.7 Å². The summed E-state index contributed by atoms with van der Waals surface area (Å²) in [7, 11) is 0. The number of carbonyl (C=O) groups is 4. The number of rotatable bonds is 13. The second kappa shape index (κ2) is 11.6. The van der Waals surface area contributed by atoms with Gasteiger partial charge in [-0.2, -0.15) is 0 Å². The summed E-state index contributed by atoms with van der Waals surface area (Å²) in [6.07, 6.45) is 3.63. The van der Waals surface area contributed by atoms with Crippen LogP contribution >= 0.6 is 0 Å². The highest BCUT2D eigenvalue weighted by atomic mass is 16.7. The molecule has 1 aliphatic rings. The number of nitrogens with one attached hydrogen (secondary N) is 1. The molecule has 2 rings (SSSR count). The molecule has 3 N–H and O–H groups in total. The monoisotopic (exact) mass is 425 g/mol. The van der Waals surface area contributed by atoms with Gasteiger partial charge in [0, 0.05) is 37.4 Å². The first-order chi connectivity index (χ1) is 14.4. The summed E-state index contributed by atoms with van der Waals surface area (Å²) in [5.74, 6) is -2.70. The van der Waals surface area contributed by atoms with Gasteiger partial charge in [0.25, 0.3) is 11.8 Å². The smallest absolute Gasteiger partial charge is 0.358 e. The lowest BCUT2D eigenvalue weighted by Crippen LogP contribution is -2.32. The Kier molecular flexibility index (Phi) is 8.84. The zero-order valence-corrected chi connectivity index (χ0v) is 16.1. The SMILES string of the molecule is O=C(COCCOCC(=O)On1c(O)ccc1O)NCCCCN1C(=O)C=CC1=O. The highest BCUT2D eigenvalue weighted by Crippen LogP contribution is 2.18. The van der Waals surface area contributed by atoms with Crippen LogP contribution in [0.15, 0.2) is 24.3 Å². The maximum absolute atomic E-state index is 11.6. The Morgan fingerprint density at radius 3 is 2.17 bits per heavy atom. The second-order valence-electron chi connectivity index (χ2n) is 6.13. The van der Waals surface area contributed by atoms with E-state index in [4.69, 9.17) is 9.47 Å². The van der Waals surface area contributed by atoms with E-state index in [0.717, 1.165) is 17.0 Å². The first-order valence-corrected chi connectivity index (χ1v) is 9.15. The Balaban J connectivity index is 1.43. The van der Waals surface area contributed by atoms with Gasteiger partial charge in [-0.25, -0.2) is 4.79 Å². The molecule has 2 heterocycles. The van der Waals surface area contributed by atoms with E-state index in [1.807, 2.05) is 0 Å². The van der Waals surface area contributed by atoms with Crippen molar-refractivity contribution in [3.05, 3.63) is 24.3 Å². The van der Waals surface area contributed by atoms with E-state index in [-0.39, 0.29) is 37.5 Å². The fraction of sp³-hybridized carbons (Fsp3) is 0.444. The molecule has 0 saturated carbocycles. The average Bonchev–Trinajstić information content (AvgIpc) is 3.20. The lowest BCUT2D eigenvalue weighted by atomic mass is 10.3. The largest absolute Gasteiger partial charge is 0.492 e. The minimum atomic E-state index is -0.845. The lowest BCUT2D eigenvalue weighted by Gasteiger charge is -2.13. The van der Waals surface area contributed by atoms with Gasteiger partial charge in [-0.05, 0) is 12.8 Å². The van der Waals surface area contributed by atoms with Crippen molar-refractivity contribution >= 4 is 23.7 Å². The highest BCUT2D eigenvalue weighted by Gasteiger charge is 2.22. The normalized spacial score (nSPS) is 13.1. The average molecular weight is 425 g/mol. The van der Waals surface area contributed by atoms with Crippen molar-refractivity contribution in [3.63, 3.8) is 0 Å². The number of nitrogens with zero attached hydrogens (tertiary/aromatic N) is 2. The molecule has 0 saturated heterocycles. The van der Waals surface area contributed by atoms with Crippen LogP contribution in [0.25, 0.3) is 0 Å². The zero-order valence-electron chi connectivity index (χ0n) is 16.1. The summed E-state index contributed by atoms with van der Waals surface area (Å²) in [5.41, 5.74) is 0. The molecule has 0 atom stereocenters. The number of hydrogen-bond acceptors (Lipinski definition) is 9. The van der Waals surface area contributed by atoms with Gasteiger partial charge in [-0.15, -0.1) is 4.73 Å². The summed E-state index contributed by atoms with van der Waals surface area (Å²) in [4.78, 5) is 51.7. The van der Waals surface area contributed by atoms with Gasteiger partial charge >= 0.3 is 5.97 Å². The maximum Gasteiger partial charge on any atom is 0.358 e. The summed E-state index contributed by atoms with van der Waals surface area (Å²) >= 11 is 0. The number of hydrogen-bond donors (Lipinski definition) is 3. The first-order valence-electron chi connectivity index (χ1n) is 9.15. The third-order valence-corrected chi connectivity index (χ3v) is 3.85.